The van der Waals surface area contributed by atoms with Gasteiger partial charge in [0.2, 0.25) is 0 Å². The van der Waals surface area contributed by atoms with Gasteiger partial charge in [0.1, 0.15) is 5.82 Å². The van der Waals surface area contributed by atoms with Gasteiger partial charge in [-0.25, -0.2) is 15.0 Å². The summed E-state index contributed by atoms with van der Waals surface area (Å²) in [6.45, 7) is 5.66. The molecule has 2 aromatic rings. The maximum atomic E-state index is 4.58. The predicted octanol–water partition coefficient (Wildman–Crippen LogP) is 2.34. The minimum absolute atomic E-state index is 0.711. The highest BCUT2D eigenvalue weighted by Crippen LogP contribution is 2.20. The lowest BCUT2D eigenvalue weighted by Crippen LogP contribution is -2.12. The minimum atomic E-state index is 0.711. The van der Waals surface area contributed by atoms with Crippen LogP contribution in [0.2, 0.25) is 0 Å². The largest absolute Gasteiger partial charge is 0.370 e. The van der Waals surface area contributed by atoms with Crippen molar-refractivity contribution in [2.45, 2.75) is 46.1 Å². The van der Waals surface area contributed by atoms with Gasteiger partial charge < -0.3 is 9.88 Å². The van der Waals surface area contributed by atoms with E-state index in [-0.39, 0.29) is 0 Å². The molecule has 0 saturated carbocycles. The van der Waals surface area contributed by atoms with Crippen molar-refractivity contribution in [2.24, 2.45) is 0 Å². The first-order chi connectivity index (χ1) is 9.76. The number of aromatic nitrogens is 4. The average Bonchev–Trinajstić information content (AvgIpc) is 2.82. The normalized spacial score (nSPS) is 14.1. The monoisotopic (exact) mass is 271 g/mol. The lowest BCUT2D eigenvalue weighted by molar-refractivity contribution is 0.619. The third-order valence-electron chi connectivity index (χ3n) is 3.68. The first-order valence-corrected chi connectivity index (χ1v) is 7.37. The predicted molar refractivity (Wildman–Crippen MR) is 78.9 cm³/mol. The zero-order chi connectivity index (χ0) is 13.9. The van der Waals surface area contributed by atoms with Gasteiger partial charge in [0.05, 0.1) is 18.6 Å². The van der Waals surface area contributed by atoms with Crippen molar-refractivity contribution >= 4 is 5.82 Å². The molecule has 5 nitrogen and oxygen atoms in total. The molecule has 0 aliphatic heterocycles. The number of hydrogen-bond donors (Lipinski definition) is 1. The Labute approximate surface area is 119 Å². The molecule has 1 N–H and O–H groups in total. The van der Waals surface area contributed by atoms with E-state index in [0.29, 0.717) is 6.54 Å². The summed E-state index contributed by atoms with van der Waals surface area (Å²) in [6, 6.07) is 1.98. The van der Waals surface area contributed by atoms with Gasteiger partial charge in [-0.3, -0.25) is 0 Å². The average molecular weight is 271 g/mol. The SMILES string of the molecule is CCNc1cc(C)nc(Cn2cnc3c2CCCC3)n1. The number of fused-ring (bicyclic) bond motifs is 1. The third-order valence-corrected chi connectivity index (χ3v) is 3.68. The van der Waals surface area contributed by atoms with Crippen LogP contribution in [0.5, 0.6) is 0 Å². The number of imidazole rings is 1. The Morgan fingerprint density at radius 2 is 2.10 bits per heavy atom. The molecular weight excluding hydrogens is 250 g/mol. The van der Waals surface area contributed by atoms with E-state index < -0.39 is 0 Å². The van der Waals surface area contributed by atoms with E-state index in [0.717, 1.165) is 36.7 Å². The molecule has 2 heterocycles. The van der Waals surface area contributed by atoms with Crippen LogP contribution in [0.15, 0.2) is 12.4 Å². The summed E-state index contributed by atoms with van der Waals surface area (Å²) in [4.78, 5) is 13.6. The Kier molecular flexibility index (Phi) is 3.67. The van der Waals surface area contributed by atoms with E-state index in [9.17, 15) is 0 Å². The van der Waals surface area contributed by atoms with Crippen molar-refractivity contribution in [1.82, 2.24) is 19.5 Å². The van der Waals surface area contributed by atoms with E-state index in [1.807, 2.05) is 19.3 Å². The summed E-state index contributed by atoms with van der Waals surface area (Å²) in [5.41, 5.74) is 3.63. The Bertz CT molecular complexity index is 602. The highest BCUT2D eigenvalue weighted by Gasteiger charge is 2.16. The summed E-state index contributed by atoms with van der Waals surface area (Å²) in [5.74, 6) is 1.76. The molecule has 0 unspecified atom stereocenters. The van der Waals surface area contributed by atoms with E-state index in [1.165, 1.54) is 24.2 Å². The molecule has 2 aromatic heterocycles. The molecule has 1 aliphatic carbocycles. The number of anilines is 1. The van der Waals surface area contributed by atoms with E-state index >= 15 is 0 Å². The van der Waals surface area contributed by atoms with Gasteiger partial charge in [0.15, 0.2) is 5.82 Å². The summed E-state index contributed by atoms with van der Waals surface area (Å²) in [7, 11) is 0. The van der Waals surface area contributed by atoms with Gasteiger partial charge in [-0.05, 0) is 39.5 Å². The van der Waals surface area contributed by atoms with Crippen molar-refractivity contribution in [3.63, 3.8) is 0 Å². The van der Waals surface area contributed by atoms with Crippen LogP contribution in [0.3, 0.4) is 0 Å². The second-order valence-electron chi connectivity index (χ2n) is 5.31. The van der Waals surface area contributed by atoms with Crippen LogP contribution in [0, 0.1) is 6.92 Å². The van der Waals surface area contributed by atoms with E-state index in [2.05, 4.69) is 31.8 Å². The molecular formula is C15H21N5. The number of nitrogens with zero attached hydrogens (tertiary/aromatic N) is 4. The number of aryl methyl sites for hydroxylation is 2. The summed E-state index contributed by atoms with van der Waals surface area (Å²) < 4.78 is 2.21. The molecule has 106 valence electrons. The van der Waals surface area contributed by atoms with Crippen molar-refractivity contribution in [3.05, 3.63) is 35.3 Å². The molecule has 0 aromatic carbocycles. The lowest BCUT2D eigenvalue weighted by atomic mass is 10.0. The van der Waals surface area contributed by atoms with Gasteiger partial charge in [0.25, 0.3) is 0 Å². The third kappa shape index (κ3) is 2.66. The second kappa shape index (κ2) is 5.61. The van der Waals surface area contributed by atoms with Crippen molar-refractivity contribution < 1.29 is 0 Å². The Balaban J connectivity index is 1.85. The zero-order valence-electron chi connectivity index (χ0n) is 12.2. The molecule has 0 amide bonds. The number of nitrogens with one attached hydrogen (secondary N) is 1. The highest BCUT2D eigenvalue weighted by molar-refractivity contribution is 5.35. The fourth-order valence-corrected chi connectivity index (χ4v) is 2.79. The Morgan fingerprint density at radius 1 is 1.25 bits per heavy atom. The number of hydrogen-bond acceptors (Lipinski definition) is 4. The molecule has 20 heavy (non-hydrogen) atoms. The molecule has 5 heteroatoms. The van der Waals surface area contributed by atoms with Gasteiger partial charge in [-0.1, -0.05) is 0 Å². The molecule has 1 aliphatic rings. The van der Waals surface area contributed by atoms with Crippen molar-refractivity contribution in [1.29, 1.82) is 0 Å². The van der Waals surface area contributed by atoms with Crippen LogP contribution in [0.4, 0.5) is 5.82 Å². The van der Waals surface area contributed by atoms with Gasteiger partial charge in [-0.2, -0.15) is 0 Å². The fraction of sp³-hybridized carbons (Fsp3) is 0.533. The topological polar surface area (TPSA) is 55.6 Å². The fourth-order valence-electron chi connectivity index (χ4n) is 2.79. The van der Waals surface area contributed by atoms with Gasteiger partial charge >= 0.3 is 0 Å². The molecule has 0 bridgehead atoms. The van der Waals surface area contributed by atoms with E-state index in [1.54, 1.807) is 0 Å². The minimum Gasteiger partial charge on any atom is -0.370 e. The Hall–Kier alpha value is -1.91. The second-order valence-corrected chi connectivity index (χ2v) is 5.31. The van der Waals surface area contributed by atoms with Crippen LogP contribution >= 0.6 is 0 Å². The lowest BCUT2D eigenvalue weighted by Gasteiger charge is -2.14. The maximum Gasteiger partial charge on any atom is 0.150 e. The maximum absolute atomic E-state index is 4.58. The molecule has 0 fully saturated rings. The number of rotatable bonds is 4. The highest BCUT2D eigenvalue weighted by atomic mass is 15.1. The van der Waals surface area contributed by atoms with E-state index in [4.69, 9.17) is 0 Å². The van der Waals surface area contributed by atoms with Crippen molar-refractivity contribution in [2.75, 3.05) is 11.9 Å². The first-order valence-electron chi connectivity index (χ1n) is 7.37. The standard InChI is InChI=1S/C15H21N5/c1-3-16-14-8-11(2)18-15(19-14)9-20-10-17-12-6-4-5-7-13(12)20/h8,10H,3-7,9H2,1-2H3,(H,16,18,19). The smallest absolute Gasteiger partial charge is 0.150 e. The zero-order valence-corrected chi connectivity index (χ0v) is 12.2. The van der Waals surface area contributed by atoms with Gasteiger partial charge in [-0.15, -0.1) is 0 Å². The molecule has 0 radical (unpaired) electrons. The molecule has 3 rings (SSSR count). The summed E-state index contributed by atoms with van der Waals surface area (Å²) in [6.07, 6.45) is 6.70. The Morgan fingerprint density at radius 3 is 2.95 bits per heavy atom. The molecule has 0 atom stereocenters. The quantitative estimate of drug-likeness (QED) is 0.927. The van der Waals surface area contributed by atoms with Crippen LogP contribution in [0.1, 0.15) is 42.7 Å². The van der Waals surface area contributed by atoms with Crippen LogP contribution in [-0.4, -0.2) is 26.1 Å². The summed E-state index contributed by atoms with van der Waals surface area (Å²) >= 11 is 0. The molecule has 0 spiro atoms. The summed E-state index contributed by atoms with van der Waals surface area (Å²) in [5, 5.41) is 3.25. The van der Waals surface area contributed by atoms with Crippen molar-refractivity contribution in [3.8, 4) is 0 Å². The van der Waals surface area contributed by atoms with Crippen LogP contribution in [-0.2, 0) is 19.4 Å². The first kappa shape index (κ1) is 13.1. The molecule has 0 saturated heterocycles. The van der Waals surface area contributed by atoms with Crippen LogP contribution in [0.25, 0.3) is 0 Å². The van der Waals surface area contributed by atoms with Gasteiger partial charge in [0, 0.05) is 24.0 Å². The van der Waals surface area contributed by atoms with Crippen LogP contribution < -0.4 is 5.32 Å².